The fourth-order valence-corrected chi connectivity index (χ4v) is 3.28. The molecule has 0 unspecified atom stereocenters. The summed E-state index contributed by atoms with van der Waals surface area (Å²) in [5, 5.41) is 10.2. The topological polar surface area (TPSA) is 62.2 Å². The van der Waals surface area contributed by atoms with Gasteiger partial charge in [0, 0.05) is 44.4 Å². The molecule has 1 atom stereocenters. The predicted octanol–water partition coefficient (Wildman–Crippen LogP) is 2.29. The number of para-hydroxylation sites is 2. The molecule has 3 rings (SSSR count). The number of ether oxygens (including phenoxy) is 2. The average molecular weight is 396 g/mol. The molecule has 1 saturated heterocycles. The molecule has 1 fully saturated rings. The molecule has 6 nitrogen and oxygen atoms in total. The maximum Gasteiger partial charge on any atom is 0.246 e. The Hall–Kier alpha value is -2.83. The molecule has 1 N–H and O–H groups in total. The van der Waals surface area contributed by atoms with Crippen LogP contribution in [0.25, 0.3) is 6.08 Å². The number of hydrogen-bond donors (Lipinski definition) is 1. The fraction of sp³-hybridized carbons (Fsp3) is 0.348. The number of piperazine rings is 1. The largest absolute Gasteiger partial charge is 0.496 e. The van der Waals surface area contributed by atoms with Crippen molar-refractivity contribution >= 4 is 12.0 Å². The molecule has 0 bridgehead atoms. The summed E-state index contributed by atoms with van der Waals surface area (Å²) in [5.74, 6) is 1.49. The first-order valence-corrected chi connectivity index (χ1v) is 9.84. The van der Waals surface area contributed by atoms with Gasteiger partial charge in [-0.25, -0.2) is 0 Å². The third-order valence-electron chi connectivity index (χ3n) is 4.88. The van der Waals surface area contributed by atoms with Crippen molar-refractivity contribution in [1.29, 1.82) is 0 Å². The number of β-amino-alcohol motifs (C(OH)–C–C–N with tert-alkyl or cyclic N) is 1. The SMILES string of the molecule is COc1ccccc1/C=C\C(=O)N1CCN(C[C@@H](O)COc2ccccc2)CC1. The Morgan fingerprint density at radius 3 is 2.48 bits per heavy atom. The Kier molecular flexibility index (Phi) is 7.67. The first-order valence-electron chi connectivity index (χ1n) is 9.84. The zero-order valence-corrected chi connectivity index (χ0v) is 16.7. The fourth-order valence-electron chi connectivity index (χ4n) is 3.28. The second-order valence-corrected chi connectivity index (χ2v) is 6.98. The molecule has 1 aliphatic rings. The second-order valence-electron chi connectivity index (χ2n) is 6.98. The van der Waals surface area contributed by atoms with Gasteiger partial charge in [0.2, 0.25) is 5.91 Å². The number of aliphatic hydroxyl groups excluding tert-OH is 1. The summed E-state index contributed by atoms with van der Waals surface area (Å²) in [6, 6.07) is 17.1. The van der Waals surface area contributed by atoms with E-state index in [0.717, 1.165) is 30.2 Å². The number of methoxy groups -OCH3 is 1. The molecule has 0 aromatic heterocycles. The van der Waals surface area contributed by atoms with E-state index >= 15 is 0 Å². The van der Waals surface area contributed by atoms with Gasteiger partial charge in [-0.15, -0.1) is 0 Å². The van der Waals surface area contributed by atoms with Crippen LogP contribution in [0.2, 0.25) is 0 Å². The van der Waals surface area contributed by atoms with Crippen LogP contribution in [-0.2, 0) is 4.79 Å². The van der Waals surface area contributed by atoms with E-state index in [-0.39, 0.29) is 12.5 Å². The lowest BCUT2D eigenvalue weighted by atomic mass is 10.2. The number of benzene rings is 2. The lowest BCUT2D eigenvalue weighted by Gasteiger charge is -2.35. The highest BCUT2D eigenvalue weighted by Gasteiger charge is 2.21. The molecule has 154 valence electrons. The Morgan fingerprint density at radius 1 is 1.07 bits per heavy atom. The van der Waals surface area contributed by atoms with Gasteiger partial charge in [-0.05, 0) is 24.3 Å². The highest BCUT2D eigenvalue weighted by Crippen LogP contribution is 2.19. The third-order valence-corrected chi connectivity index (χ3v) is 4.88. The second kappa shape index (κ2) is 10.6. The van der Waals surface area contributed by atoms with Gasteiger partial charge in [0.1, 0.15) is 24.2 Å². The first kappa shape index (κ1) is 20.9. The molecule has 29 heavy (non-hydrogen) atoms. The highest BCUT2D eigenvalue weighted by atomic mass is 16.5. The van der Waals surface area contributed by atoms with Crippen LogP contribution in [0.5, 0.6) is 11.5 Å². The summed E-state index contributed by atoms with van der Waals surface area (Å²) in [6.45, 7) is 3.53. The van der Waals surface area contributed by atoms with E-state index in [1.54, 1.807) is 19.3 Å². The van der Waals surface area contributed by atoms with E-state index in [1.807, 2.05) is 59.5 Å². The van der Waals surface area contributed by atoms with Crippen molar-refractivity contribution in [3.05, 3.63) is 66.2 Å². The molecule has 0 radical (unpaired) electrons. The van der Waals surface area contributed by atoms with E-state index in [1.165, 1.54) is 0 Å². The number of carbonyl (C=O) groups excluding carboxylic acids is 1. The van der Waals surface area contributed by atoms with Crippen molar-refractivity contribution in [2.24, 2.45) is 0 Å². The number of nitrogens with zero attached hydrogens (tertiary/aromatic N) is 2. The van der Waals surface area contributed by atoms with Crippen LogP contribution in [0.15, 0.2) is 60.7 Å². The van der Waals surface area contributed by atoms with E-state index in [0.29, 0.717) is 19.6 Å². The van der Waals surface area contributed by atoms with Gasteiger partial charge in [0.25, 0.3) is 0 Å². The highest BCUT2D eigenvalue weighted by molar-refractivity contribution is 5.92. The average Bonchev–Trinajstić information content (AvgIpc) is 2.77. The van der Waals surface area contributed by atoms with E-state index in [9.17, 15) is 9.90 Å². The van der Waals surface area contributed by atoms with Crippen LogP contribution >= 0.6 is 0 Å². The molecule has 0 saturated carbocycles. The molecule has 1 aliphatic heterocycles. The van der Waals surface area contributed by atoms with Gasteiger partial charge in [-0.1, -0.05) is 36.4 Å². The number of rotatable bonds is 8. The van der Waals surface area contributed by atoms with Crippen LogP contribution in [0, 0.1) is 0 Å². The summed E-state index contributed by atoms with van der Waals surface area (Å²) >= 11 is 0. The normalized spacial score (nSPS) is 16.0. The Morgan fingerprint density at radius 2 is 1.76 bits per heavy atom. The van der Waals surface area contributed by atoms with E-state index in [4.69, 9.17) is 9.47 Å². The van der Waals surface area contributed by atoms with Crippen LogP contribution in [0.3, 0.4) is 0 Å². The van der Waals surface area contributed by atoms with Crippen molar-refractivity contribution in [2.75, 3.05) is 46.4 Å². The van der Waals surface area contributed by atoms with Crippen molar-refractivity contribution in [2.45, 2.75) is 6.10 Å². The van der Waals surface area contributed by atoms with Crippen LogP contribution in [0.1, 0.15) is 5.56 Å². The summed E-state index contributed by atoms with van der Waals surface area (Å²) in [6.07, 6.45) is 2.82. The van der Waals surface area contributed by atoms with Crippen LogP contribution in [-0.4, -0.2) is 73.4 Å². The van der Waals surface area contributed by atoms with Crippen LogP contribution in [0.4, 0.5) is 0 Å². The molecule has 2 aromatic rings. The minimum Gasteiger partial charge on any atom is -0.496 e. The third kappa shape index (κ3) is 6.34. The Labute approximate surface area is 172 Å². The van der Waals surface area contributed by atoms with E-state index in [2.05, 4.69) is 4.90 Å². The number of aliphatic hydroxyl groups is 1. The molecular weight excluding hydrogens is 368 g/mol. The Bertz CT molecular complexity index is 802. The summed E-state index contributed by atoms with van der Waals surface area (Å²) in [4.78, 5) is 16.5. The molecule has 2 aromatic carbocycles. The first-order chi connectivity index (χ1) is 14.2. The minimum absolute atomic E-state index is 0.0106. The van der Waals surface area contributed by atoms with Gasteiger partial charge < -0.3 is 19.5 Å². The van der Waals surface area contributed by atoms with Crippen molar-refractivity contribution in [1.82, 2.24) is 9.80 Å². The van der Waals surface area contributed by atoms with Crippen molar-refractivity contribution in [3.63, 3.8) is 0 Å². The number of hydrogen-bond acceptors (Lipinski definition) is 5. The number of carbonyl (C=O) groups is 1. The zero-order valence-electron chi connectivity index (χ0n) is 16.7. The standard InChI is InChI=1S/C23H28N2O4/c1-28-22-10-6-5-7-19(22)11-12-23(27)25-15-13-24(14-16-25)17-20(26)18-29-21-8-3-2-4-9-21/h2-12,20,26H,13-18H2,1H3/b12-11-/t20-/m1/s1. The molecule has 6 heteroatoms. The molecular formula is C23H28N2O4. The molecule has 1 amide bonds. The zero-order chi connectivity index (χ0) is 20.5. The van der Waals surface area contributed by atoms with Gasteiger partial charge in [-0.2, -0.15) is 0 Å². The van der Waals surface area contributed by atoms with Gasteiger partial charge in [-0.3, -0.25) is 9.69 Å². The van der Waals surface area contributed by atoms with E-state index < -0.39 is 6.10 Å². The lowest BCUT2D eigenvalue weighted by molar-refractivity contribution is -0.127. The van der Waals surface area contributed by atoms with Gasteiger partial charge >= 0.3 is 0 Å². The quantitative estimate of drug-likeness (QED) is 0.694. The predicted molar refractivity (Wildman–Crippen MR) is 113 cm³/mol. The summed E-state index contributed by atoms with van der Waals surface area (Å²) in [7, 11) is 1.62. The van der Waals surface area contributed by atoms with Crippen LogP contribution < -0.4 is 9.47 Å². The number of amides is 1. The van der Waals surface area contributed by atoms with Gasteiger partial charge in [0.15, 0.2) is 0 Å². The molecule has 0 aliphatic carbocycles. The van der Waals surface area contributed by atoms with Gasteiger partial charge in [0.05, 0.1) is 7.11 Å². The Balaban J connectivity index is 1.41. The minimum atomic E-state index is -0.567. The molecule has 0 spiro atoms. The summed E-state index contributed by atoms with van der Waals surface area (Å²) in [5.41, 5.74) is 0.878. The smallest absolute Gasteiger partial charge is 0.246 e. The monoisotopic (exact) mass is 396 g/mol. The lowest BCUT2D eigenvalue weighted by Crippen LogP contribution is -2.50. The maximum absolute atomic E-state index is 12.5. The van der Waals surface area contributed by atoms with Crippen molar-refractivity contribution < 1.29 is 19.4 Å². The maximum atomic E-state index is 12.5. The summed E-state index contributed by atoms with van der Waals surface area (Å²) < 4.78 is 10.9. The van der Waals surface area contributed by atoms with Crippen molar-refractivity contribution in [3.8, 4) is 11.5 Å². The molecule has 1 heterocycles.